The van der Waals surface area contributed by atoms with E-state index in [9.17, 15) is 4.79 Å². The van der Waals surface area contributed by atoms with E-state index >= 15 is 0 Å². The molecule has 4 aromatic heterocycles. The van der Waals surface area contributed by atoms with E-state index in [1.165, 1.54) is 0 Å². The first kappa shape index (κ1) is 24.7. The Morgan fingerprint density at radius 2 is 1.72 bits per heavy atom. The highest BCUT2D eigenvalue weighted by Gasteiger charge is 2.26. The fraction of sp³-hybridized carbons (Fsp3) is 0.320. The molecule has 0 saturated heterocycles. The highest BCUT2D eigenvalue weighted by Crippen LogP contribution is 2.36. The standard InChI is InChI=1S/C24H26N8O3.CH4/c1-12(2)19(23-25-7-6-8-26-23)30-21-18(24(33)29-15-11-32(3)31-20(15)21)22-27-13-9-16(34-4)17(35-5)10-14(13)28-22;/h6-12,19,30H,1-5H3,(H,27,28)(H,29,33);1H4/t19-;/m0./s1. The normalized spacial score (nSPS) is 12.1. The van der Waals surface area contributed by atoms with E-state index in [1.54, 1.807) is 55.7 Å². The molecule has 0 aliphatic carbocycles. The zero-order chi connectivity index (χ0) is 24.7. The van der Waals surface area contributed by atoms with Gasteiger partial charge in [-0.25, -0.2) is 15.0 Å². The van der Waals surface area contributed by atoms with E-state index in [4.69, 9.17) is 14.5 Å². The highest BCUT2D eigenvalue weighted by atomic mass is 16.5. The van der Waals surface area contributed by atoms with E-state index in [2.05, 4.69) is 44.2 Å². The summed E-state index contributed by atoms with van der Waals surface area (Å²) in [6, 6.07) is 5.06. The molecule has 3 N–H and O–H groups in total. The molecule has 0 unspecified atom stereocenters. The average molecular weight is 491 g/mol. The summed E-state index contributed by atoms with van der Waals surface area (Å²) in [6.45, 7) is 4.13. The van der Waals surface area contributed by atoms with Crippen LogP contribution < -0.4 is 20.3 Å². The van der Waals surface area contributed by atoms with Gasteiger partial charge in [0, 0.05) is 37.8 Å². The lowest BCUT2D eigenvalue weighted by Crippen LogP contribution is -2.22. The number of rotatable bonds is 7. The second-order valence-electron chi connectivity index (χ2n) is 8.55. The second-order valence-corrected chi connectivity index (χ2v) is 8.55. The van der Waals surface area contributed by atoms with Crippen molar-refractivity contribution in [2.75, 3.05) is 19.5 Å². The Bertz CT molecular complexity index is 1530. The quantitative estimate of drug-likeness (QED) is 0.311. The molecule has 5 aromatic rings. The SMILES string of the molecule is C.COc1cc2nc(-c3c(N[C@H](c4ncccn4)C(C)C)c4nn(C)cc4[nH]c3=O)[nH]c2cc1OC. The van der Waals surface area contributed by atoms with Crippen LogP contribution in [0.5, 0.6) is 11.5 Å². The monoisotopic (exact) mass is 490 g/mol. The molecule has 0 fully saturated rings. The van der Waals surface area contributed by atoms with Gasteiger partial charge in [0.15, 0.2) is 17.3 Å². The van der Waals surface area contributed by atoms with Crippen LogP contribution in [0.1, 0.15) is 33.1 Å². The summed E-state index contributed by atoms with van der Waals surface area (Å²) in [7, 11) is 4.94. The summed E-state index contributed by atoms with van der Waals surface area (Å²) in [6.07, 6.45) is 5.17. The van der Waals surface area contributed by atoms with Crippen LogP contribution in [0, 0.1) is 5.92 Å². The number of aryl methyl sites for hydroxylation is 1. The first-order valence-corrected chi connectivity index (χ1v) is 11.1. The minimum Gasteiger partial charge on any atom is -0.493 e. The Hall–Kier alpha value is -4.41. The van der Waals surface area contributed by atoms with E-state index in [-0.39, 0.29) is 24.9 Å². The van der Waals surface area contributed by atoms with Crippen LogP contribution in [-0.2, 0) is 7.05 Å². The largest absolute Gasteiger partial charge is 0.493 e. The number of imidazole rings is 1. The first-order valence-electron chi connectivity index (χ1n) is 11.1. The Labute approximate surface area is 207 Å². The molecule has 11 heteroatoms. The van der Waals surface area contributed by atoms with E-state index in [1.807, 2.05) is 7.05 Å². The summed E-state index contributed by atoms with van der Waals surface area (Å²) in [5.41, 5.74) is 3.15. The smallest absolute Gasteiger partial charge is 0.261 e. The first-order chi connectivity index (χ1) is 16.9. The van der Waals surface area contributed by atoms with Crippen molar-refractivity contribution in [1.82, 2.24) is 34.7 Å². The number of fused-ring (bicyclic) bond motifs is 2. The fourth-order valence-corrected chi connectivity index (χ4v) is 4.16. The molecule has 36 heavy (non-hydrogen) atoms. The van der Waals surface area contributed by atoms with Gasteiger partial charge in [0.2, 0.25) is 0 Å². The summed E-state index contributed by atoms with van der Waals surface area (Å²) in [5.74, 6) is 2.24. The summed E-state index contributed by atoms with van der Waals surface area (Å²) in [4.78, 5) is 33.2. The van der Waals surface area contributed by atoms with Crippen LogP contribution in [-0.4, -0.2) is 48.9 Å². The van der Waals surface area contributed by atoms with Crippen molar-refractivity contribution >= 4 is 27.8 Å². The van der Waals surface area contributed by atoms with Crippen LogP contribution in [0.4, 0.5) is 5.69 Å². The summed E-state index contributed by atoms with van der Waals surface area (Å²) >= 11 is 0. The molecule has 0 spiro atoms. The number of benzene rings is 1. The van der Waals surface area contributed by atoms with Crippen molar-refractivity contribution in [3.63, 3.8) is 0 Å². The van der Waals surface area contributed by atoms with Gasteiger partial charge in [-0.3, -0.25) is 9.48 Å². The average Bonchev–Trinajstić information content (AvgIpc) is 3.43. The lowest BCUT2D eigenvalue weighted by atomic mass is 10.0. The van der Waals surface area contributed by atoms with Crippen molar-refractivity contribution in [1.29, 1.82) is 0 Å². The number of anilines is 1. The minimum atomic E-state index is -0.303. The van der Waals surface area contributed by atoms with Gasteiger partial charge in [-0.05, 0) is 12.0 Å². The van der Waals surface area contributed by atoms with Crippen molar-refractivity contribution < 1.29 is 9.47 Å². The number of nitrogens with zero attached hydrogens (tertiary/aromatic N) is 5. The molecule has 1 atom stereocenters. The van der Waals surface area contributed by atoms with Gasteiger partial charge >= 0.3 is 0 Å². The molecule has 188 valence electrons. The maximum Gasteiger partial charge on any atom is 0.261 e. The third-order valence-corrected chi connectivity index (χ3v) is 5.85. The van der Waals surface area contributed by atoms with Crippen molar-refractivity contribution in [3.05, 3.63) is 53.0 Å². The molecule has 0 aliphatic rings. The Morgan fingerprint density at radius 3 is 2.39 bits per heavy atom. The Kier molecular flexibility index (Phi) is 6.65. The Morgan fingerprint density at radius 1 is 1.03 bits per heavy atom. The van der Waals surface area contributed by atoms with E-state index in [0.29, 0.717) is 56.5 Å². The van der Waals surface area contributed by atoms with Gasteiger partial charge < -0.3 is 24.8 Å². The van der Waals surface area contributed by atoms with Crippen LogP contribution >= 0.6 is 0 Å². The number of aromatic nitrogens is 7. The Balaban J connectivity index is 0.00000304. The van der Waals surface area contributed by atoms with Gasteiger partial charge in [-0.2, -0.15) is 5.10 Å². The number of hydrogen-bond donors (Lipinski definition) is 3. The second kappa shape index (κ2) is 9.68. The third-order valence-electron chi connectivity index (χ3n) is 5.85. The van der Waals surface area contributed by atoms with Gasteiger partial charge in [-0.15, -0.1) is 0 Å². The molecule has 1 aromatic carbocycles. The maximum atomic E-state index is 13.4. The molecular weight excluding hydrogens is 460 g/mol. The number of H-pyrrole nitrogens is 2. The van der Waals surface area contributed by atoms with Gasteiger partial charge in [0.25, 0.3) is 5.56 Å². The minimum absolute atomic E-state index is 0. The number of nitrogens with one attached hydrogen (secondary N) is 3. The number of methoxy groups -OCH3 is 2. The number of ether oxygens (including phenoxy) is 2. The molecule has 0 amide bonds. The van der Waals surface area contributed by atoms with Gasteiger partial charge in [0.1, 0.15) is 16.9 Å². The van der Waals surface area contributed by atoms with Crippen molar-refractivity contribution in [3.8, 4) is 22.9 Å². The predicted octanol–water partition coefficient (Wildman–Crippen LogP) is 4.06. The topological polar surface area (TPSA) is 136 Å². The van der Waals surface area contributed by atoms with Gasteiger partial charge in [-0.1, -0.05) is 21.3 Å². The zero-order valence-corrected chi connectivity index (χ0v) is 20.1. The predicted molar refractivity (Wildman–Crippen MR) is 139 cm³/mol. The van der Waals surface area contributed by atoms with Crippen LogP contribution in [0.3, 0.4) is 0 Å². The lowest BCUT2D eigenvalue weighted by molar-refractivity contribution is 0.356. The molecule has 0 bridgehead atoms. The van der Waals surface area contributed by atoms with E-state index < -0.39 is 0 Å². The van der Waals surface area contributed by atoms with Crippen LogP contribution in [0.15, 0.2) is 41.6 Å². The molecule has 0 radical (unpaired) electrons. The number of aromatic amines is 2. The van der Waals surface area contributed by atoms with Crippen LogP contribution in [0.25, 0.3) is 33.5 Å². The lowest BCUT2D eigenvalue weighted by Gasteiger charge is -2.23. The molecule has 0 aliphatic heterocycles. The van der Waals surface area contributed by atoms with Gasteiger partial charge in [0.05, 0.1) is 42.5 Å². The molecule has 4 heterocycles. The van der Waals surface area contributed by atoms with Crippen LogP contribution in [0.2, 0.25) is 0 Å². The molecule has 11 nitrogen and oxygen atoms in total. The third kappa shape index (κ3) is 4.23. The summed E-state index contributed by atoms with van der Waals surface area (Å²) in [5, 5.41) is 8.13. The van der Waals surface area contributed by atoms with E-state index in [0.717, 1.165) is 0 Å². The molecule has 0 saturated carbocycles. The molecular formula is C25H30N8O3. The summed E-state index contributed by atoms with van der Waals surface area (Å²) < 4.78 is 12.5. The van der Waals surface area contributed by atoms with Crippen molar-refractivity contribution in [2.45, 2.75) is 27.3 Å². The number of hydrogen-bond acceptors (Lipinski definition) is 8. The van der Waals surface area contributed by atoms with Crippen molar-refractivity contribution in [2.24, 2.45) is 13.0 Å². The number of pyridine rings is 1. The highest BCUT2D eigenvalue weighted by molar-refractivity contribution is 5.96. The molecule has 5 rings (SSSR count). The fourth-order valence-electron chi connectivity index (χ4n) is 4.16. The maximum absolute atomic E-state index is 13.4. The zero-order valence-electron chi connectivity index (χ0n) is 20.1.